The van der Waals surface area contributed by atoms with Crippen LogP contribution in [0.4, 0.5) is 0 Å². The van der Waals surface area contributed by atoms with Gasteiger partial charge in [-0.3, -0.25) is 9.59 Å². The van der Waals surface area contributed by atoms with Crippen molar-refractivity contribution in [1.82, 2.24) is 19.2 Å². The second-order valence-corrected chi connectivity index (χ2v) is 10.4. The molecule has 1 amide bonds. The monoisotopic (exact) mass is 480 g/mol. The van der Waals surface area contributed by atoms with Gasteiger partial charge in [-0.25, -0.2) is 13.4 Å². The van der Waals surface area contributed by atoms with Crippen molar-refractivity contribution in [3.8, 4) is 0 Å². The number of sulfonamides is 1. The summed E-state index contributed by atoms with van der Waals surface area (Å²) in [7, 11) is -1.80. The number of hydrogen-bond donors (Lipinski definition) is 1. The summed E-state index contributed by atoms with van der Waals surface area (Å²) in [5.74, 6) is 0.210. The predicted molar refractivity (Wildman–Crippen MR) is 128 cm³/mol. The lowest BCUT2D eigenvalue weighted by Gasteiger charge is -2.31. The first-order valence-electron chi connectivity index (χ1n) is 11.2. The molecule has 3 aromatic rings. The summed E-state index contributed by atoms with van der Waals surface area (Å²) in [5.41, 5.74) is 1.40. The van der Waals surface area contributed by atoms with Crippen molar-refractivity contribution in [2.45, 2.75) is 30.7 Å². The molecular weight excluding hydrogens is 452 g/mol. The molecule has 1 saturated heterocycles. The molecule has 1 aliphatic rings. The van der Waals surface area contributed by atoms with Crippen molar-refractivity contribution >= 4 is 21.7 Å². The second kappa shape index (κ2) is 9.90. The molecule has 1 unspecified atom stereocenters. The number of carbonyl (C=O) groups is 2. The van der Waals surface area contributed by atoms with Crippen LogP contribution in [0.15, 0.2) is 71.9 Å². The van der Waals surface area contributed by atoms with Gasteiger partial charge in [0.25, 0.3) is 0 Å². The molecule has 178 valence electrons. The number of amides is 1. The molecule has 1 aromatic heterocycles. The number of rotatable bonds is 7. The van der Waals surface area contributed by atoms with E-state index in [2.05, 4.69) is 10.3 Å². The Morgan fingerprint density at radius 2 is 1.68 bits per heavy atom. The van der Waals surface area contributed by atoms with Crippen LogP contribution in [0.5, 0.6) is 0 Å². The Morgan fingerprint density at radius 1 is 1.03 bits per heavy atom. The number of nitrogens with zero attached hydrogens (tertiary/aromatic N) is 3. The minimum atomic E-state index is -3.68. The van der Waals surface area contributed by atoms with Crippen LogP contribution >= 0.6 is 0 Å². The van der Waals surface area contributed by atoms with Crippen molar-refractivity contribution in [3.63, 3.8) is 0 Å². The first-order valence-corrected chi connectivity index (χ1v) is 12.6. The highest BCUT2D eigenvalue weighted by atomic mass is 32.2. The maximum atomic E-state index is 13.2. The van der Waals surface area contributed by atoms with Gasteiger partial charge >= 0.3 is 0 Å². The average Bonchev–Trinajstić information content (AvgIpc) is 3.28. The molecule has 9 heteroatoms. The number of ketones is 1. The zero-order valence-electron chi connectivity index (χ0n) is 19.2. The van der Waals surface area contributed by atoms with Gasteiger partial charge in [-0.2, -0.15) is 4.31 Å². The fraction of sp³-hybridized carbons (Fsp3) is 0.320. The van der Waals surface area contributed by atoms with Crippen LogP contribution in [0.1, 0.15) is 47.6 Å². The lowest BCUT2D eigenvalue weighted by molar-refractivity contribution is -0.126. The molecule has 8 nitrogen and oxygen atoms in total. The largest absolute Gasteiger partial charge is 0.342 e. The summed E-state index contributed by atoms with van der Waals surface area (Å²) in [6, 6.07) is 15.2. The number of Topliss-reactive ketones (excluding diaryl/α,β-unsaturated/α-hetero) is 1. The molecule has 0 radical (unpaired) electrons. The lowest BCUT2D eigenvalue weighted by atomic mass is 9.96. The molecule has 1 fully saturated rings. The van der Waals surface area contributed by atoms with Gasteiger partial charge in [-0.05, 0) is 37.5 Å². The Labute approximate surface area is 199 Å². The van der Waals surface area contributed by atoms with Gasteiger partial charge in [-0.1, -0.05) is 42.5 Å². The van der Waals surface area contributed by atoms with Crippen molar-refractivity contribution in [2.24, 2.45) is 13.0 Å². The van der Waals surface area contributed by atoms with E-state index in [-0.39, 0.29) is 35.6 Å². The van der Waals surface area contributed by atoms with Crippen LogP contribution < -0.4 is 5.32 Å². The maximum Gasteiger partial charge on any atom is 0.243 e. The molecule has 1 N–H and O–H groups in total. The number of carbonyl (C=O) groups excluding carboxylic acids is 2. The smallest absolute Gasteiger partial charge is 0.243 e. The molecule has 2 aromatic carbocycles. The van der Waals surface area contributed by atoms with Crippen molar-refractivity contribution in [2.75, 3.05) is 13.1 Å². The van der Waals surface area contributed by atoms with Gasteiger partial charge in [-0.15, -0.1) is 0 Å². The molecule has 1 atom stereocenters. The minimum absolute atomic E-state index is 0.111. The fourth-order valence-corrected chi connectivity index (χ4v) is 5.70. The van der Waals surface area contributed by atoms with Gasteiger partial charge < -0.3 is 9.88 Å². The number of aryl methyl sites for hydroxylation is 1. The third-order valence-corrected chi connectivity index (χ3v) is 8.17. The van der Waals surface area contributed by atoms with Crippen LogP contribution in [-0.4, -0.2) is 47.1 Å². The van der Waals surface area contributed by atoms with E-state index in [1.54, 1.807) is 6.20 Å². The summed E-state index contributed by atoms with van der Waals surface area (Å²) in [6.45, 7) is 1.95. The number of benzene rings is 2. The maximum absolute atomic E-state index is 13.2. The number of hydrogen-bond acceptors (Lipinski definition) is 5. The first kappa shape index (κ1) is 23.8. The van der Waals surface area contributed by atoms with Crippen LogP contribution in [0.25, 0.3) is 0 Å². The van der Waals surface area contributed by atoms with Crippen LogP contribution in [-0.2, 0) is 21.9 Å². The summed E-state index contributed by atoms with van der Waals surface area (Å²) < 4.78 is 29.3. The van der Waals surface area contributed by atoms with Crippen LogP contribution in [0.2, 0.25) is 0 Å². The Balaban J connectivity index is 1.43. The molecule has 0 aliphatic carbocycles. The molecule has 1 aliphatic heterocycles. The molecule has 0 spiro atoms. The third kappa shape index (κ3) is 4.95. The molecule has 0 saturated carbocycles. The quantitative estimate of drug-likeness (QED) is 0.524. The summed E-state index contributed by atoms with van der Waals surface area (Å²) >= 11 is 0. The summed E-state index contributed by atoms with van der Waals surface area (Å²) in [6.07, 6.45) is 4.39. The fourth-order valence-electron chi connectivity index (χ4n) is 4.23. The Hall–Kier alpha value is -3.30. The van der Waals surface area contributed by atoms with Gasteiger partial charge in [0.2, 0.25) is 15.9 Å². The number of aromatic nitrogens is 2. The topological polar surface area (TPSA) is 101 Å². The first-order chi connectivity index (χ1) is 16.3. The van der Waals surface area contributed by atoms with E-state index in [0.717, 1.165) is 11.4 Å². The molecule has 4 rings (SSSR count). The van der Waals surface area contributed by atoms with Crippen molar-refractivity contribution in [3.05, 3.63) is 83.9 Å². The van der Waals surface area contributed by atoms with Gasteiger partial charge in [0.1, 0.15) is 11.9 Å². The number of imidazole rings is 1. The Morgan fingerprint density at radius 3 is 2.24 bits per heavy atom. The zero-order valence-corrected chi connectivity index (χ0v) is 20.0. The average molecular weight is 481 g/mol. The van der Waals surface area contributed by atoms with E-state index < -0.39 is 16.1 Å². The standard InChI is InChI=1S/C25H28N4O4S/c1-18(30)19-8-10-22(11-9-19)34(32,33)29-15-12-21(13-16-29)25(31)27-23(20-6-4-3-5-7-20)24-26-14-17-28(24)2/h3-11,14,17,21,23H,12-13,15-16H2,1-2H3,(H,27,31). The highest BCUT2D eigenvalue weighted by Crippen LogP contribution is 2.26. The van der Waals surface area contributed by atoms with E-state index in [0.29, 0.717) is 18.4 Å². The van der Waals surface area contributed by atoms with E-state index in [1.807, 2.05) is 48.1 Å². The van der Waals surface area contributed by atoms with E-state index >= 15 is 0 Å². The van der Waals surface area contributed by atoms with Gasteiger partial charge in [0.05, 0.1) is 4.90 Å². The Bertz CT molecular complexity index is 1260. The molecular formula is C25H28N4O4S. The van der Waals surface area contributed by atoms with Crippen molar-refractivity contribution in [1.29, 1.82) is 0 Å². The minimum Gasteiger partial charge on any atom is -0.342 e. The molecule has 2 heterocycles. The normalized spacial score (nSPS) is 16.2. The van der Waals surface area contributed by atoms with Crippen molar-refractivity contribution < 1.29 is 18.0 Å². The number of piperidine rings is 1. The highest BCUT2D eigenvalue weighted by Gasteiger charge is 2.33. The van der Waals surface area contributed by atoms with E-state index in [1.165, 1.54) is 35.5 Å². The van der Waals surface area contributed by atoms with Gasteiger partial charge in [0.15, 0.2) is 5.78 Å². The predicted octanol–water partition coefficient (Wildman–Crippen LogP) is 2.93. The van der Waals surface area contributed by atoms with Gasteiger partial charge in [0, 0.05) is 44.0 Å². The summed E-state index contributed by atoms with van der Waals surface area (Å²) in [5, 5.41) is 3.13. The molecule has 34 heavy (non-hydrogen) atoms. The lowest BCUT2D eigenvalue weighted by Crippen LogP contribution is -2.44. The van der Waals surface area contributed by atoms with E-state index in [4.69, 9.17) is 0 Å². The molecule has 0 bridgehead atoms. The van der Waals surface area contributed by atoms with Crippen LogP contribution in [0.3, 0.4) is 0 Å². The third-order valence-electron chi connectivity index (χ3n) is 6.26. The van der Waals surface area contributed by atoms with Crippen LogP contribution in [0, 0.1) is 5.92 Å². The highest BCUT2D eigenvalue weighted by molar-refractivity contribution is 7.89. The zero-order chi connectivity index (χ0) is 24.3. The summed E-state index contributed by atoms with van der Waals surface area (Å²) in [4.78, 5) is 29.2. The van der Waals surface area contributed by atoms with E-state index in [9.17, 15) is 18.0 Å². The SMILES string of the molecule is CC(=O)c1ccc(S(=O)(=O)N2CCC(C(=O)NC(c3ccccc3)c3nccn3C)CC2)cc1. The Kier molecular flexibility index (Phi) is 6.95. The number of nitrogens with one attached hydrogen (secondary N) is 1. The second-order valence-electron chi connectivity index (χ2n) is 8.51.